The number of nitrogens with one attached hydrogen (secondary N) is 1. The molecule has 20 heavy (non-hydrogen) atoms. The van der Waals surface area contributed by atoms with Crippen LogP contribution in [0.3, 0.4) is 0 Å². The summed E-state index contributed by atoms with van der Waals surface area (Å²) in [7, 11) is 0. The Bertz CT molecular complexity index is 478. The van der Waals surface area contributed by atoms with Crippen LogP contribution in [0.5, 0.6) is 5.75 Å². The van der Waals surface area contributed by atoms with Crippen LogP contribution < -0.4 is 10.1 Å². The van der Waals surface area contributed by atoms with Crippen molar-refractivity contribution in [3.63, 3.8) is 0 Å². The topological polar surface area (TPSA) is 41.5 Å². The first-order valence-corrected chi connectivity index (χ1v) is 8.39. The van der Waals surface area contributed by atoms with Crippen molar-refractivity contribution in [3.8, 4) is 5.75 Å². The summed E-state index contributed by atoms with van der Waals surface area (Å²) in [5.41, 5.74) is 2.49. The fraction of sp³-hybridized carbons (Fsp3) is 0.625. The molecule has 110 valence electrons. The van der Waals surface area contributed by atoms with Gasteiger partial charge in [-0.15, -0.1) is 0 Å². The highest BCUT2D eigenvalue weighted by Crippen LogP contribution is 2.33. The Hall–Kier alpha value is -0.580. The fourth-order valence-electron chi connectivity index (χ4n) is 3.24. The molecule has 1 aliphatic heterocycles. The molecular weight excluding hydrogens is 318 g/mol. The van der Waals surface area contributed by atoms with E-state index in [4.69, 9.17) is 4.74 Å². The van der Waals surface area contributed by atoms with Crippen LogP contribution in [0.1, 0.15) is 43.2 Å². The Balaban J connectivity index is 1.69. The molecule has 2 unspecified atom stereocenters. The second-order valence-corrected chi connectivity index (χ2v) is 6.76. The first-order chi connectivity index (χ1) is 9.74. The molecule has 0 aromatic heterocycles. The maximum absolute atomic E-state index is 10.2. The molecule has 0 amide bonds. The zero-order valence-electron chi connectivity index (χ0n) is 11.7. The van der Waals surface area contributed by atoms with Crippen molar-refractivity contribution in [2.75, 3.05) is 6.61 Å². The molecule has 1 aliphatic carbocycles. The molecule has 2 N–H and O–H groups in total. The Morgan fingerprint density at radius 2 is 2.10 bits per heavy atom. The Morgan fingerprint density at radius 1 is 1.25 bits per heavy atom. The minimum Gasteiger partial charge on any atom is -0.493 e. The summed E-state index contributed by atoms with van der Waals surface area (Å²) in [6.45, 7) is 1.55. The molecular formula is C16H22BrNO2. The van der Waals surface area contributed by atoms with Gasteiger partial charge in [-0.1, -0.05) is 35.2 Å². The minimum atomic E-state index is -0.210. The van der Waals surface area contributed by atoms with E-state index in [0.717, 1.165) is 49.1 Å². The molecule has 0 radical (unpaired) electrons. The van der Waals surface area contributed by atoms with E-state index >= 15 is 0 Å². The summed E-state index contributed by atoms with van der Waals surface area (Å²) in [6.07, 6.45) is 6.37. The number of halogens is 1. The molecule has 1 fully saturated rings. The van der Waals surface area contributed by atoms with Crippen LogP contribution in [-0.4, -0.2) is 23.9 Å². The monoisotopic (exact) mass is 339 g/mol. The van der Waals surface area contributed by atoms with Gasteiger partial charge in [0.15, 0.2) is 0 Å². The number of fused-ring (bicyclic) bond motifs is 1. The molecule has 0 spiro atoms. The normalized spacial score (nSPS) is 25.9. The second-order valence-electron chi connectivity index (χ2n) is 5.84. The first kappa shape index (κ1) is 14.4. The lowest BCUT2D eigenvalue weighted by Gasteiger charge is -2.22. The summed E-state index contributed by atoms with van der Waals surface area (Å²) in [6, 6.07) is 4.49. The summed E-state index contributed by atoms with van der Waals surface area (Å²) in [5.74, 6) is 1.05. The quantitative estimate of drug-likeness (QED) is 0.831. The Labute approximate surface area is 128 Å². The molecule has 3 nitrogen and oxygen atoms in total. The van der Waals surface area contributed by atoms with Crippen molar-refractivity contribution in [2.45, 2.75) is 57.2 Å². The molecule has 2 atom stereocenters. The Morgan fingerprint density at radius 3 is 3.00 bits per heavy atom. The van der Waals surface area contributed by atoms with Crippen molar-refractivity contribution in [1.29, 1.82) is 0 Å². The molecule has 3 rings (SSSR count). The summed E-state index contributed by atoms with van der Waals surface area (Å²) in [5, 5.41) is 13.7. The van der Waals surface area contributed by atoms with Gasteiger partial charge in [-0.05, 0) is 30.5 Å². The highest BCUT2D eigenvalue weighted by molar-refractivity contribution is 9.10. The van der Waals surface area contributed by atoms with Crippen molar-refractivity contribution in [3.05, 3.63) is 27.7 Å². The first-order valence-electron chi connectivity index (χ1n) is 7.59. The van der Waals surface area contributed by atoms with Gasteiger partial charge in [0.1, 0.15) is 5.75 Å². The van der Waals surface area contributed by atoms with E-state index < -0.39 is 0 Å². The largest absolute Gasteiger partial charge is 0.493 e. The van der Waals surface area contributed by atoms with Crippen LogP contribution in [-0.2, 0) is 13.0 Å². The van der Waals surface area contributed by atoms with E-state index in [1.807, 2.05) is 0 Å². The molecule has 2 aliphatic rings. The fourth-order valence-corrected chi connectivity index (χ4v) is 3.80. The number of rotatable bonds is 3. The molecule has 0 saturated heterocycles. The third kappa shape index (κ3) is 3.18. The minimum absolute atomic E-state index is 0.210. The summed E-state index contributed by atoms with van der Waals surface area (Å²) < 4.78 is 6.86. The number of aliphatic hydroxyl groups is 1. The van der Waals surface area contributed by atoms with Crippen molar-refractivity contribution >= 4 is 15.9 Å². The van der Waals surface area contributed by atoms with E-state index in [1.54, 1.807) is 0 Å². The number of hydrogen-bond acceptors (Lipinski definition) is 3. The van der Waals surface area contributed by atoms with Gasteiger partial charge in [0, 0.05) is 29.0 Å². The van der Waals surface area contributed by atoms with Crippen LogP contribution in [0.15, 0.2) is 16.6 Å². The smallest absolute Gasteiger partial charge is 0.127 e. The zero-order chi connectivity index (χ0) is 13.9. The van der Waals surface area contributed by atoms with E-state index in [0.29, 0.717) is 0 Å². The van der Waals surface area contributed by atoms with Crippen LogP contribution in [0.25, 0.3) is 0 Å². The van der Waals surface area contributed by atoms with Gasteiger partial charge in [0.25, 0.3) is 0 Å². The Kier molecular flexibility index (Phi) is 4.64. The number of hydrogen-bond donors (Lipinski definition) is 2. The third-order valence-corrected chi connectivity index (χ3v) is 4.82. The van der Waals surface area contributed by atoms with Crippen molar-refractivity contribution in [1.82, 2.24) is 5.32 Å². The maximum Gasteiger partial charge on any atom is 0.127 e. The van der Waals surface area contributed by atoms with Crippen molar-refractivity contribution in [2.24, 2.45) is 0 Å². The highest BCUT2D eigenvalue weighted by atomic mass is 79.9. The van der Waals surface area contributed by atoms with Gasteiger partial charge in [-0.2, -0.15) is 0 Å². The van der Waals surface area contributed by atoms with Crippen LogP contribution in [0, 0.1) is 0 Å². The number of aliphatic hydroxyl groups excluding tert-OH is 1. The SMILES string of the molecule is OC1CCCCCC1NCc1cc(Br)cc2c1OCC2. The van der Waals surface area contributed by atoms with Gasteiger partial charge in [-0.25, -0.2) is 0 Å². The highest BCUT2D eigenvalue weighted by Gasteiger charge is 2.22. The molecule has 1 saturated carbocycles. The van der Waals surface area contributed by atoms with E-state index in [-0.39, 0.29) is 12.1 Å². The summed E-state index contributed by atoms with van der Waals surface area (Å²) in [4.78, 5) is 0. The average molecular weight is 340 g/mol. The average Bonchev–Trinajstić information content (AvgIpc) is 2.79. The molecule has 1 heterocycles. The predicted molar refractivity (Wildman–Crippen MR) is 83.1 cm³/mol. The van der Waals surface area contributed by atoms with Gasteiger partial charge < -0.3 is 15.2 Å². The van der Waals surface area contributed by atoms with Crippen LogP contribution >= 0.6 is 15.9 Å². The van der Waals surface area contributed by atoms with E-state index in [2.05, 4.69) is 33.4 Å². The number of ether oxygens (including phenoxy) is 1. The van der Waals surface area contributed by atoms with Gasteiger partial charge in [0.05, 0.1) is 12.7 Å². The summed E-state index contributed by atoms with van der Waals surface area (Å²) >= 11 is 3.57. The van der Waals surface area contributed by atoms with E-state index in [9.17, 15) is 5.11 Å². The molecule has 0 bridgehead atoms. The maximum atomic E-state index is 10.2. The van der Waals surface area contributed by atoms with Gasteiger partial charge in [-0.3, -0.25) is 0 Å². The molecule has 4 heteroatoms. The van der Waals surface area contributed by atoms with Gasteiger partial charge >= 0.3 is 0 Å². The second kappa shape index (κ2) is 6.46. The molecule has 1 aromatic carbocycles. The lowest BCUT2D eigenvalue weighted by atomic mass is 10.0. The number of benzene rings is 1. The van der Waals surface area contributed by atoms with E-state index in [1.165, 1.54) is 24.0 Å². The van der Waals surface area contributed by atoms with Gasteiger partial charge in [0.2, 0.25) is 0 Å². The lowest BCUT2D eigenvalue weighted by Crippen LogP contribution is -2.38. The third-order valence-electron chi connectivity index (χ3n) is 4.36. The predicted octanol–water partition coefficient (Wildman–Crippen LogP) is 3.17. The van der Waals surface area contributed by atoms with Crippen LogP contribution in [0.2, 0.25) is 0 Å². The lowest BCUT2D eigenvalue weighted by molar-refractivity contribution is 0.119. The molecule has 1 aromatic rings. The van der Waals surface area contributed by atoms with Crippen molar-refractivity contribution < 1.29 is 9.84 Å². The zero-order valence-corrected chi connectivity index (χ0v) is 13.3. The standard InChI is InChI=1S/C16H22BrNO2/c17-13-8-11-6-7-20-16(11)12(9-13)10-18-14-4-2-1-3-5-15(14)19/h8-9,14-15,18-19H,1-7,10H2. The van der Waals surface area contributed by atoms with Crippen LogP contribution in [0.4, 0.5) is 0 Å².